The zero-order valence-electron chi connectivity index (χ0n) is 20.3. The van der Waals surface area contributed by atoms with Crippen LogP contribution >= 0.6 is 15.9 Å². The fourth-order valence-electron chi connectivity index (χ4n) is 3.12. The summed E-state index contributed by atoms with van der Waals surface area (Å²) in [5.41, 5.74) is 0.495. The van der Waals surface area contributed by atoms with E-state index in [4.69, 9.17) is 9.47 Å². The smallest absolute Gasteiger partial charge is 0.323 e. The molecular weight excluding hydrogens is 496 g/mol. The first-order valence-corrected chi connectivity index (χ1v) is 11.6. The maximum absolute atomic E-state index is 12.6. The Labute approximate surface area is 204 Å². The molecule has 0 spiro atoms. The molecule has 0 aromatic carbocycles. The van der Waals surface area contributed by atoms with Gasteiger partial charge in [-0.2, -0.15) is 0 Å². The van der Waals surface area contributed by atoms with E-state index >= 15 is 0 Å². The molecule has 0 bridgehead atoms. The standard InChI is InChI=1S/C24H35BrO8/c1-17(11-9-12-19(20(26)30-3)21(27)31-4)13-15-24(22(28)32-5,23(29)33-6)14-8-7-10-18(2)16-25/h7-8,10-11,19H,9,12-16H2,1-6H3/b8-7+,17-11+,18-10+. The summed E-state index contributed by atoms with van der Waals surface area (Å²) in [7, 11) is 4.90. The molecule has 0 saturated heterocycles. The summed E-state index contributed by atoms with van der Waals surface area (Å²) in [6, 6.07) is 0. The molecule has 33 heavy (non-hydrogen) atoms. The summed E-state index contributed by atoms with van der Waals surface area (Å²) in [6.45, 7) is 3.80. The minimum Gasteiger partial charge on any atom is -0.468 e. The van der Waals surface area contributed by atoms with Gasteiger partial charge < -0.3 is 18.9 Å². The average molecular weight is 531 g/mol. The van der Waals surface area contributed by atoms with E-state index in [1.54, 1.807) is 12.2 Å². The van der Waals surface area contributed by atoms with Gasteiger partial charge in [0.25, 0.3) is 0 Å². The van der Waals surface area contributed by atoms with Crippen LogP contribution in [-0.4, -0.2) is 57.6 Å². The van der Waals surface area contributed by atoms with Gasteiger partial charge in [-0.25, -0.2) is 0 Å². The van der Waals surface area contributed by atoms with Crippen molar-refractivity contribution in [1.29, 1.82) is 0 Å². The lowest BCUT2D eigenvalue weighted by atomic mass is 9.78. The molecule has 0 atom stereocenters. The predicted octanol–water partition coefficient (Wildman–Crippen LogP) is 4.08. The molecule has 0 radical (unpaired) electrons. The molecule has 186 valence electrons. The highest BCUT2D eigenvalue weighted by molar-refractivity contribution is 9.09. The van der Waals surface area contributed by atoms with Gasteiger partial charge in [0, 0.05) is 5.33 Å². The van der Waals surface area contributed by atoms with Crippen molar-refractivity contribution in [2.75, 3.05) is 33.8 Å². The molecule has 0 heterocycles. The van der Waals surface area contributed by atoms with Crippen molar-refractivity contribution >= 4 is 39.8 Å². The number of methoxy groups -OCH3 is 4. The van der Waals surface area contributed by atoms with Crippen molar-refractivity contribution in [1.82, 2.24) is 0 Å². The second-order valence-electron chi connectivity index (χ2n) is 7.57. The van der Waals surface area contributed by atoms with Crippen LogP contribution in [0.3, 0.4) is 0 Å². The highest BCUT2D eigenvalue weighted by Gasteiger charge is 2.47. The van der Waals surface area contributed by atoms with Crippen molar-refractivity contribution in [3.63, 3.8) is 0 Å². The predicted molar refractivity (Wildman–Crippen MR) is 128 cm³/mol. The Morgan fingerprint density at radius 1 is 0.879 bits per heavy atom. The van der Waals surface area contributed by atoms with Gasteiger partial charge in [0.05, 0.1) is 28.4 Å². The van der Waals surface area contributed by atoms with Crippen LogP contribution in [0.4, 0.5) is 0 Å². The number of allylic oxidation sites excluding steroid dienone is 6. The molecule has 0 aliphatic carbocycles. The highest BCUT2D eigenvalue weighted by Crippen LogP contribution is 2.34. The molecule has 0 rings (SSSR count). The van der Waals surface area contributed by atoms with E-state index < -0.39 is 35.2 Å². The van der Waals surface area contributed by atoms with Gasteiger partial charge in [0.1, 0.15) is 0 Å². The fraction of sp³-hybridized carbons (Fsp3) is 0.583. The molecule has 0 amide bonds. The Kier molecular flexibility index (Phi) is 15.0. The molecule has 0 unspecified atom stereocenters. The molecule has 0 aliphatic rings. The van der Waals surface area contributed by atoms with Gasteiger partial charge in [0.2, 0.25) is 0 Å². The summed E-state index contributed by atoms with van der Waals surface area (Å²) in [5.74, 6) is -3.64. The molecular formula is C24H35BrO8. The van der Waals surface area contributed by atoms with Crippen LogP contribution in [0.15, 0.2) is 35.5 Å². The van der Waals surface area contributed by atoms with E-state index in [9.17, 15) is 19.2 Å². The maximum atomic E-state index is 12.6. The molecule has 0 aromatic heterocycles. The molecule has 0 N–H and O–H groups in total. The van der Waals surface area contributed by atoms with E-state index in [-0.39, 0.29) is 19.3 Å². The first kappa shape index (κ1) is 30.6. The number of carbonyl (C=O) groups excluding carboxylic acids is 4. The number of carbonyl (C=O) groups is 4. The summed E-state index contributed by atoms with van der Waals surface area (Å²) >= 11 is 3.36. The van der Waals surface area contributed by atoms with Gasteiger partial charge >= 0.3 is 23.9 Å². The Balaban J connectivity index is 5.47. The number of esters is 4. The molecule has 0 saturated carbocycles. The minimum atomic E-state index is -1.48. The van der Waals surface area contributed by atoms with Gasteiger partial charge in [-0.15, -0.1) is 0 Å². The van der Waals surface area contributed by atoms with Crippen LogP contribution in [0.2, 0.25) is 0 Å². The SMILES string of the molecule is COC(=O)C(CC/C=C(\C)CCC(C/C=C/C=C(\C)CBr)(C(=O)OC)C(=O)OC)C(=O)OC. The lowest BCUT2D eigenvalue weighted by Gasteiger charge is -2.27. The Bertz CT molecular complexity index is 734. The Morgan fingerprint density at radius 3 is 1.88 bits per heavy atom. The lowest BCUT2D eigenvalue weighted by molar-refractivity contribution is -0.169. The Hall–Kier alpha value is -2.42. The zero-order valence-corrected chi connectivity index (χ0v) is 21.9. The third-order valence-corrected chi connectivity index (χ3v) is 6.10. The van der Waals surface area contributed by atoms with Gasteiger partial charge in [0.15, 0.2) is 11.3 Å². The Morgan fingerprint density at radius 2 is 1.42 bits per heavy atom. The van der Waals surface area contributed by atoms with Crippen molar-refractivity contribution in [3.8, 4) is 0 Å². The summed E-state index contributed by atoms with van der Waals surface area (Å²) in [5, 5.41) is 0.716. The van der Waals surface area contributed by atoms with Crippen molar-refractivity contribution < 1.29 is 38.1 Å². The van der Waals surface area contributed by atoms with Crippen molar-refractivity contribution in [3.05, 3.63) is 35.5 Å². The summed E-state index contributed by atoms with van der Waals surface area (Å²) in [6.07, 6.45) is 8.63. The lowest BCUT2D eigenvalue weighted by Crippen LogP contribution is -2.41. The van der Waals surface area contributed by atoms with Crippen molar-refractivity contribution in [2.45, 2.75) is 46.0 Å². The molecule has 0 aromatic rings. The number of hydrogen-bond donors (Lipinski definition) is 0. The van der Waals surface area contributed by atoms with Crippen LogP contribution in [0.5, 0.6) is 0 Å². The monoisotopic (exact) mass is 530 g/mol. The average Bonchev–Trinajstić information content (AvgIpc) is 2.84. The topological polar surface area (TPSA) is 105 Å². The first-order valence-electron chi connectivity index (χ1n) is 10.5. The van der Waals surface area contributed by atoms with E-state index in [1.807, 2.05) is 26.0 Å². The van der Waals surface area contributed by atoms with Gasteiger partial charge in [-0.3, -0.25) is 19.2 Å². The van der Waals surface area contributed by atoms with Gasteiger partial charge in [-0.1, -0.05) is 51.4 Å². The number of halogens is 1. The van der Waals surface area contributed by atoms with E-state index in [0.29, 0.717) is 18.2 Å². The number of hydrogen-bond acceptors (Lipinski definition) is 8. The maximum Gasteiger partial charge on any atom is 0.323 e. The highest BCUT2D eigenvalue weighted by atomic mass is 79.9. The summed E-state index contributed by atoms with van der Waals surface area (Å²) in [4.78, 5) is 48.9. The minimum absolute atomic E-state index is 0.123. The van der Waals surface area contributed by atoms with E-state index in [1.165, 1.54) is 28.4 Å². The molecule has 0 aliphatic heterocycles. The van der Waals surface area contributed by atoms with Crippen LogP contribution < -0.4 is 0 Å². The first-order chi connectivity index (χ1) is 15.6. The van der Waals surface area contributed by atoms with Crippen LogP contribution in [0.1, 0.15) is 46.0 Å². The van der Waals surface area contributed by atoms with Crippen molar-refractivity contribution in [2.24, 2.45) is 11.3 Å². The number of alkyl halides is 1. The van der Waals surface area contributed by atoms with E-state index in [2.05, 4.69) is 25.4 Å². The zero-order chi connectivity index (χ0) is 25.4. The van der Waals surface area contributed by atoms with Crippen LogP contribution in [0, 0.1) is 11.3 Å². The van der Waals surface area contributed by atoms with E-state index in [0.717, 1.165) is 11.1 Å². The normalized spacial score (nSPS) is 12.6. The molecule has 0 fully saturated rings. The summed E-state index contributed by atoms with van der Waals surface area (Å²) < 4.78 is 19.2. The van der Waals surface area contributed by atoms with Crippen LogP contribution in [-0.2, 0) is 38.1 Å². The third-order valence-electron chi connectivity index (χ3n) is 5.21. The second-order valence-corrected chi connectivity index (χ2v) is 8.13. The fourth-order valence-corrected chi connectivity index (χ4v) is 3.31. The quantitative estimate of drug-likeness (QED) is 0.0825. The van der Waals surface area contributed by atoms with Gasteiger partial charge in [-0.05, 0) is 46.0 Å². The second kappa shape index (κ2) is 16.2. The molecule has 8 nitrogen and oxygen atoms in total. The number of ether oxygens (including phenoxy) is 4. The van der Waals surface area contributed by atoms with Crippen LogP contribution in [0.25, 0.3) is 0 Å². The third kappa shape index (κ3) is 9.94. The molecule has 9 heteroatoms. The largest absolute Gasteiger partial charge is 0.468 e. The number of rotatable bonds is 14.